The molecule has 1 saturated heterocycles. The standard InChI is InChI=1S/C14H13F2N3O3/c15-9-4-3-8(6-10(9)16)13-17-12(22-18-13)7-19-5-1-2-11(19)14(20)21/h3-4,6,11H,1-2,5,7H2,(H,20,21)/t11-/m1/s1. The van der Waals surface area contributed by atoms with E-state index in [1.165, 1.54) is 6.07 Å². The predicted octanol–water partition coefficient (Wildman–Crippen LogP) is 2.06. The highest BCUT2D eigenvalue weighted by Gasteiger charge is 2.31. The number of aliphatic carboxylic acids is 1. The Morgan fingerprint density at radius 2 is 2.23 bits per heavy atom. The second kappa shape index (κ2) is 5.80. The molecule has 1 aromatic carbocycles. The monoisotopic (exact) mass is 309 g/mol. The van der Waals surface area contributed by atoms with E-state index in [1.54, 1.807) is 4.90 Å². The average Bonchev–Trinajstić information content (AvgIpc) is 3.11. The van der Waals surface area contributed by atoms with Gasteiger partial charge in [0.05, 0.1) is 6.54 Å². The van der Waals surface area contributed by atoms with Crippen LogP contribution in [0.25, 0.3) is 11.4 Å². The van der Waals surface area contributed by atoms with Crippen molar-refractivity contribution in [3.8, 4) is 11.4 Å². The zero-order valence-corrected chi connectivity index (χ0v) is 11.5. The third-order valence-corrected chi connectivity index (χ3v) is 3.63. The number of benzene rings is 1. The number of carboxylic acid groups (broad SMARTS) is 1. The Labute approximate surface area is 124 Å². The molecular formula is C14H13F2N3O3. The fourth-order valence-corrected chi connectivity index (χ4v) is 2.54. The smallest absolute Gasteiger partial charge is 0.320 e. The third-order valence-electron chi connectivity index (χ3n) is 3.63. The molecule has 0 aliphatic carbocycles. The Kier molecular flexibility index (Phi) is 3.84. The summed E-state index contributed by atoms with van der Waals surface area (Å²) < 4.78 is 31.2. The van der Waals surface area contributed by atoms with Crippen LogP contribution < -0.4 is 0 Å². The van der Waals surface area contributed by atoms with Crippen LogP contribution in [0.15, 0.2) is 22.7 Å². The lowest BCUT2D eigenvalue weighted by Crippen LogP contribution is -2.35. The molecule has 2 heterocycles. The van der Waals surface area contributed by atoms with Gasteiger partial charge in [0.1, 0.15) is 6.04 Å². The largest absolute Gasteiger partial charge is 0.480 e. The van der Waals surface area contributed by atoms with E-state index in [-0.39, 0.29) is 18.3 Å². The fraction of sp³-hybridized carbons (Fsp3) is 0.357. The minimum absolute atomic E-state index is 0.139. The van der Waals surface area contributed by atoms with E-state index >= 15 is 0 Å². The lowest BCUT2D eigenvalue weighted by molar-refractivity contribution is -0.142. The van der Waals surface area contributed by atoms with Crippen molar-refractivity contribution >= 4 is 5.97 Å². The lowest BCUT2D eigenvalue weighted by atomic mass is 10.2. The highest BCUT2D eigenvalue weighted by molar-refractivity contribution is 5.73. The maximum atomic E-state index is 13.2. The summed E-state index contributed by atoms with van der Waals surface area (Å²) >= 11 is 0. The molecule has 1 aliphatic rings. The first-order valence-electron chi connectivity index (χ1n) is 6.79. The summed E-state index contributed by atoms with van der Waals surface area (Å²) in [5.41, 5.74) is 0.296. The minimum atomic E-state index is -0.991. The Balaban J connectivity index is 1.76. The van der Waals surface area contributed by atoms with Crippen molar-refractivity contribution in [3.05, 3.63) is 35.7 Å². The number of likely N-dealkylation sites (tertiary alicyclic amines) is 1. The van der Waals surface area contributed by atoms with E-state index < -0.39 is 23.6 Å². The van der Waals surface area contributed by atoms with E-state index in [2.05, 4.69) is 10.1 Å². The van der Waals surface area contributed by atoms with Gasteiger partial charge in [-0.25, -0.2) is 8.78 Å². The second-order valence-corrected chi connectivity index (χ2v) is 5.11. The van der Waals surface area contributed by atoms with Gasteiger partial charge in [-0.05, 0) is 37.6 Å². The Morgan fingerprint density at radius 3 is 2.95 bits per heavy atom. The Hall–Kier alpha value is -2.35. The molecule has 116 valence electrons. The van der Waals surface area contributed by atoms with Gasteiger partial charge >= 0.3 is 5.97 Å². The van der Waals surface area contributed by atoms with Crippen LogP contribution in [0.2, 0.25) is 0 Å². The number of hydrogen-bond donors (Lipinski definition) is 1. The van der Waals surface area contributed by atoms with Gasteiger partial charge < -0.3 is 9.63 Å². The summed E-state index contributed by atoms with van der Waals surface area (Å²) in [6, 6.07) is 2.77. The van der Waals surface area contributed by atoms with Crippen LogP contribution in [0.4, 0.5) is 8.78 Å². The summed E-state index contributed by atoms with van der Waals surface area (Å²) in [6.45, 7) is 0.855. The van der Waals surface area contributed by atoms with Gasteiger partial charge in [-0.3, -0.25) is 9.69 Å². The van der Waals surface area contributed by atoms with E-state index in [9.17, 15) is 13.6 Å². The van der Waals surface area contributed by atoms with Crippen molar-refractivity contribution in [1.82, 2.24) is 15.0 Å². The summed E-state index contributed by atoms with van der Waals surface area (Å²) in [6.07, 6.45) is 1.38. The molecule has 0 spiro atoms. The summed E-state index contributed by atoms with van der Waals surface area (Å²) in [4.78, 5) is 17.0. The highest BCUT2D eigenvalue weighted by atomic mass is 19.2. The number of rotatable bonds is 4. The Morgan fingerprint density at radius 1 is 1.41 bits per heavy atom. The van der Waals surface area contributed by atoms with Crippen molar-refractivity contribution < 1.29 is 23.2 Å². The summed E-state index contributed by atoms with van der Waals surface area (Å²) in [5.74, 6) is -2.44. The molecule has 22 heavy (non-hydrogen) atoms. The molecule has 1 atom stereocenters. The number of nitrogens with zero attached hydrogens (tertiary/aromatic N) is 3. The minimum Gasteiger partial charge on any atom is -0.480 e. The van der Waals surface area contributed by atoms with Gasteiger partial charge in [-0.1, -0.05) is 5.16 Å². The van der Waals surface area contributed by atoms with Gasteiger partial charge in [0.15, 0.2) is 11.6 Å². The first kappa shape index (κ1) is 14.6. The Bertz CT molecular complexity index is 704. The molecule has 0 radical (unpaired) electrons. The maximum Gasteiger partial charge on any atom is 0.320 e. The van der Waals surface area contributed by atoms with Gasteiger partial charge in [-0.2, -0.15) is 4.98 Å². The zero-order chi connectivity index (χ0) is 15.7. The molecular weight excluding hydrogens is 296 g/mol. The lowest BCUT2D eigenvalue weighted by Gasteiger charge is -2.18. The SMILES string of the molecule is O=C(O)[C@H]1CCCN1Cc1nc(-c2ccc(F)c(F)c2)no1. The molecule has 0 bridgehead atoms. The summed E-state index contributed by atoms with van der Waals surface area (Å²) in [7, 11) is 0. The van der Waals surface area contributed by atoms with Crippen molar-refractivity contribution in [1.29, 1.82) is 0 Å². The summed E-state index contributed by atoms with van der Waals surface area (Å²) in [5, 5.41) is 12.8. The molecule has 6 nitrogen and oxygen atoms in total. The molecule has 3 rings (SSSR count). The molecule has 1 aliphatic heterocycles. The van der Waals surface area contributed by atoms with Crippen LogP contribution in [0.3, 0.4) is 0 Å². The van der Waals surface area contributed by atoms with Crippen LogP contribution in [0.1, 0.15) is 18.7 Å². The molecule has 1 fully saturated rings. The van der Waals surface area contributed by atoms with Crippen LogP contribution in [-0.4, -0.2) is 38.7 Å². The van der Waals surface area contributed by atoms with Crippen molar-refractivity contribution in [2.45, 2.75) is 25.4 Å². The number of carbonyl (C=O) groups is 1. The van der Waals surface area contributed by atoms with Crippen molar-refractivity contribution in [2.75, 3.05) is 6.54 Å². The van der Waals surface area contributed by atoms with Gasteiger partial charge in [-0.15, -0.1) is 0 Å². The van der Waals surface area contributed by atoms with Crippen LogP contribution >= 0.6 is 0 Å². The molecule has 1 N–H and O–H groups in total. The van der Waals surface area contributed by atoms with E-state index in [0.29, 0.717) is 18.5 Å². The molecule has 0 amide bonds. The van der Waals surface area contributed by atoms with Crippen molar-refractivity contribution in [2.24, 2.45) is 0 Å². The number of carboxylic acids is 1. The second-order valence-electron chi connectivity index (χ2n) is 5.11. The quantitative estimate of drug-likeness (QED) is 0.931. The number of halogens is 2. The van der Waals surface area contributed by atoms with Crippen LogP contribution in [-0.2, 0) is 11.3 Å². The highest BCUT2D eigenvalue weighted by Crippen LogP contribution is 2.22. The normalized spacial score (nSPS) is 18.7. The topological polar surface area (TPSA) is 79.5 Å². The first-order valence-corrected chi connectivity index (χ1v) is 6.79. The first-order chi connectivity index (χ1) is 10.5. The van der Waals surface area contributed by atoms with Crippen molar-refractivity contribution in [3.63, 3.8) is 0 Å². The van der Waals surface area contributed by atoms with Gasteiger partial charge in [0.2, 0.25) is 11.7 Å². The predicted molar refractivity (Wildman–Crippen MR) is 70.7 cm³/mol. The van der Waals surface area contributed by atoms with Gasteiger partial charge in [0.25, 0.3) is 0 Å². The van der Waals surface area contributed by atoms with E-state index in [1.807, 2.05) is 0 Å². The number of aromatic nitrogens is 2. The fourth-order valence-electron chi connectivity index (χ4n) is 2.54. The molecule has 0 saturated carbocycles. The van der Waals surface area contributed by atoms with Crippen LogP contribution in [0.5, 0.6) is 0 Å². The molecule has 0 unspecified atom stereocenters. The van der Waals surface area contributed by atoms with Gasteiger partial charge in [0, 0.05) is 5.56 Å². The van der Waals surface area contributed by atoms with E-state index in [0.717, 1.165) is 18.6 Å². The zero-order valence-electron chi connectivity index (χ0n) is 11.5. The maximum absolute atomic E-state index is 13.2. The third kappa shape index (κ3) is 2.82. The molecule has 1 aromatic heterocycles. The number of hydrogen-bond acceptors (Lipinski definition) is 5. The van der Waals surface area contributed by atoms with E-state index in [4.69, 9.17) is 9.63 Å². The average molecular weight is 309 g/mol. The molecule has 8 heteroatoms. The molecule has 2 aromatic rings. The van der Waals surface area contributed by atoms with Crippen LogP contribution in [0, 0.1) is 11.6 Å².